The Bertz CT molecular complexity index is 505. The molecule has 0 saturated carbocycles. The highest BCUT2D eigenvalue weighted by Crippen LogP contribution is 2.11. The number of rotatable bonds is 6. The number of hydrazine groups is 1. The lowest BCUT2D eigenvalue weighted by Gasteiger charge is -2.17. The van der Waals surface area contributed by atoms with Crippen molar-refractivity contribution in [3.8, 4) is 0 Å². The van der Waals surface area contributed by atoms with Gasteiger partial charge in [0.15, 0.2) is 0 Å². The molecule has 0 fully saturated rings. The Balaban J connectivity index is 2.02. The van der Waals surface area contributed by atoms with Crippen LogP contribution in [0.3, 0.4) is 0 Å². The van der Waals surface area contributed by atoms with Crippen LogP contribution in [0.15, 0.2) is 42.7 Å². The molecule has 1 heterocycles. The Hall–Kier alpha value is -2.18. The van der Waals surface area contributed by atoms with E-state index in [0.717, 1.165) is 5.56 Å². The molecule has 5 N–H and O–H groups in total. The maximum Gasteiger partial charge on any atom is 0.145 e. The van der Waals surface area contributed by atoms with E-state index in [0.29, 0.717) is 18.1 Å². The zero-order valence-electron chi connectivity index (χ0n) is 10.5. The lowest BCUT2D eigenvalue weighted by molar-refractivity contribution is 0.273. The second-order valence-corrected chi connectivity index (χ2v) is 4.15. The second kappa shape index (κ2) is 6.67. The normalized spacial score (nSPS) is 11.9. The van der Waals surface area contributed by atoms with E-state index >= 15 is 0 Å². The first-order chi connectivity index (χ1) is 9.31. The van der Waals surface area contributed by atoms with E-state index in [1.54, 1.807) is 6.07 Å². The first kappa shape index (κ1) is 13.3. The van der Waals surface area contributed by atoms with Gasteiger partial charge in [0.2, 0.25) is 0 Å². The number of nitrogen functional groups attached to an aromatic ring is 1. The Kier molecular flexibility index (Phi) is 4.66. The molecule has 0 saturated heterocycles. The molecule has 100 valence electrons. The van der Waals surface area contributed by atoms with Crippen LogP contribution in [0.2, 0.25) is 0 Å². The topological polar surface area (TPSA) is 96.1 Å². The molecular weight excluding hydrogens is 242 g/mol. The Labute approximate surface area is 111 Å². The number of aromatic nitrogens is 2. The number of anilines is 2. The van der Waals surface area contributed by atoms with Crippen molar-refractivity contribution >= 4 is 11.6 Å². The lowest BCUT2D eigenvalue weighted by atomic mass is 10.1. The number of aliphatic hydroxyl groups is 1. The van der Waals surface area contributed by atoms with Crippen molar-refractivity contribution in [3.05, 3.63) is 48.3 Å². The van der Waals surface area contributed by atoms with Crippen molar-refractivity contribution in [3.63, 3.8) is 0 Å². The van der Waals surface area contributed by atoms with Gasteiger partial charge in [0.1, 0.15) is 18.0 Å². The van der Waals surface area contributed by atoms with Crippen molar-refractivity contribution in [2.45, 2.75) is 12.5 Å². The van der Waals surface area contributed by atoms with E-state index < -0.39 is 0 Å². The third-order valence-corrected chi connectivity index (χ3v) is 2.71. The average Bonchev–Trinajstić information content (AvgIpc) is 2.48. The molecular formula is C13H17N5O. The van der Waals surface area contributed by atoms with E-state index in [9.17, 15) is 5.11 Å². The molecule has 2 rings (SSSR count). The molecule has 2 aromatic rings. The number of hydrogen-bond donors (Lipinski definition) is 4. The van der Waals surface area contributed by atoms with Gasteiger partial charge in [-0.25, -0.2) is 15.8 Å². The van der Waals surface area contributed by atoms with Crippen LogP contribution in [-0.4, -0.2) is 27.7 Å². The average molecular weight is 259 g/mol. The molecule has 0 amide bonds. The van der Waals surface area contributed by atoms with Crippen molar-refractivity contribution in [2.75, 3.05) is 17.3 Å². The predicted octanol–water partition coefficient (Wildman–Crippen LogP) is 0.778. The molecule has 6 heteroatoms. The fourth-order valence-electron chi connectivity index (χ4n) is 1.78. The van der Waals surface area contributed by atoms with Gasteiger partial charge in [-0.05, 0) is 12.0 Å². The summed E-state index contributed by atoms with van der Waals surface area (Å²) in [5, 5.41) is 12.6. The molecule has 19 heavy (non-hydrogen) atoms. The van der Waals surface area contributed by atoms with E-state index in [2.05, 4.69) is 20.7 Å². The standard InChI is InChI=1S/C13H17N5O/c14-18-13-7-12(15-9-16-13)17-11(8-19)6-10-4-2-1-3-5-10/h1-5,7,9,11,19H,6,8,14H2,(H2,15,16,17,18). The molecule has 1 atom stereocenters. The summed E-state index contributed by atoms with van der Waals surface area (Å²) in [6.07, 6.45) is 2.13. The van der Waals surface area contributed by atoms with E-state index in [4.69, 9.17) is 5.84 Å². The van der Waals surface area contributed by atoms with Crippen LogP contribution in [0.25, 0.3) is 0 Å². The molecule has 0 aliphatic heterocycles. The third kappa shape index (κ3) is 3.90. The number of hydrogen-bond acceptors (Lipinski definition) is 6. The molecule has 0 aliphatic carbocycles. The van der Waals surface area contributed by atoms with Crippen molar-refractivity contribution < 1.29 is 5.11 Å². The number of nitrogens with zero attached hydrogens (tertiary/aromatic N) is 2. The van der Waals surface area contributed by atoms with E-state index in [1.165, 1.54) is 6.33 Å². The predicted molar refractivity (Wildman–Crippen MR) is 74.5 cm³/mol. The third-order valence-electron chi connectivity index (χ3n) is 2.71. The monoisotopic (exact) mass is 259 g/mol. The van der Waals surface area contributed by atoms with Crippen LogP contribution >= 0.6 is 0 Å². The fourth-order valence-corrected chi connectivity index (χ4v) is 1.78. The van der Waals surface area contributed by atoms with Gasteiger partial charge < -0.3 is 15.8 Å². The van der Waals surface area contributed by atoms with Crippen molar-refractivity contribution in [2.24, 2.45) is 5.84 Å². The van der Waals surface area contributed by atoms with Gasteiger partial charge in [0, 0.05) is 6.07 Å². The summed E-state index contributed by atoms with van der Waals surface area (Å²) in [6.45, 7) is 0.0181. The minimum absolute atomic E-state index is 0.0181. The van der Waals surface area contributed by atoms with Crippen molar-refractivity contribution in [1.82, 2.24) is 9.97 Å². The van der Waals surface area contributed by atoms with Crippen LogP contribution < -0.4 is 16.6 Å². The van der Waals surface area contributed by atoms with Gasteiger partial charge in [-0.1, -0.05) is 30.3 Å². The summed E-state index contributed by atoms with van der Waals surface area (Å²) in [5.41, 5.74) is 3.61. The highest BCUT2D eigenvalue weighted by molar-refractivity contribution is 5.46. The number of aliphatic hydroxyl groups excluding tert-OH is 1. The van der Waals surface area contributed by atoms with E-state index in [-0.39, 0.29) is 12.6 Å². The summed E-state index contributed by atoms with van der Waals surface area (Å²) >= 11 is 0. The largest absolute Gasteiger partial charge is 0.394 e. The molecule has 6 nitrogen and oxygen atoms in total. The SMILES string of the molecule is NNc1cc(NC(CO)Cc2ccccc2)ncn1. The fraction of sp³-hybridized carbons (Fsp3) is 0.231. The Morgan fingerprint density at radius 3 is 2.58 bits per heavy atom. The molecule has 0 spiro atoms. The van der Waals surface area contributed by atoms with Gasteiger partial charge in [-0.15, -0.1) is 0 Å². The Morgan fingerprint density at radius 2 is 1.89 bits per heavy atom. The quantitative estimate of drug-likeness (QED) is 0.452. The summed E-state index contributed by atoms with van der Waals surface area (Å²) in [7, 11) is 0. The maximum atomic E-state index is 9.43. The highest BCUT2D eigenvalue weighted by Gasteiger charge is 2.09. The lowest BCUT2D eigenvalue weighted by Crippen LogP contribution is -2.27. The van der Waals surface area contributed by atoms with E-state index in [1.807, 2.05) is 30.3 Å². The molecule has 1 aromatic carbocycles. The minimum Gasteiger partial charge on any atom is -0.394 e. The highest BCUT2D eigenvalue weighted by atomic mass is 16.3. The van der Waals surface area contributed by atoms with Gasteiger partial charge in [-0.2, -0.15) is 0 Å². The maximum absolute atomic E-state index is 9.43. The van der Waals surface area contributed by atoms with Crippen molar-refractivity contribution in [1.29, 1.82) is 0 Å². The first-order valence-corrected chi connectivity index (χ1v) is 6.02. The summed E-state index contributed by atoms with van der Waals surface area (Å²) in [6, 6.07) is 11.6. The zero-order chi connectivity index (χ0) is 13.5. The van der Waals surface area contributed by atoms with Gasteiger partial charge in [0.25, 0.3) is 0 Å². The Morgan fingerprint density at radius 1 is 1.16 bits per heavy atom. The van der Waals surface area contributed by atoms with Gasteiger partial charge >= 0.3 is 0 Å². The van der Waals surface area contributed by atoms with Gasteiger partial charge in [0.05, 0.1) is 12.6 Å². The van der Waals surface area contributed by atoms with Gasteiger partial charge in [-0.3, -0.25) is 0 Å². The molecule has 0 radical (unpaired) electrons. The van der Waals surface area contributed by atoms with Crippen LogP contribution in [0.4, 0.5) is 11.6 Å². The summed E-state index contributed by atoms with van der Waals surface area (Å²) in [4.78, 5) is 8.01. The number of benzene rings is 1. The van der Waals surface area contributed by atoms with Crippen LogP contribution in [-0.2, 0) is 6.42 Å². The van der Waals surface area contributed by atoms with Crippen LogP contribution in [0, 0.1) is 0 Å². The second-order valence-electron chi connectivity index (χ2n) is 4.15. The zero-order valence-corrected chi connectivity index (χ0v) is 10.5. The number of nitrogens with two attached hydrogens (primary N) is 1. The first-order valence-electron chi connectivity index (χ1n) is 6.02. The molecule has 0 aliphatic rings. The summed E-state index contributed by atoms with van der Waals surface area (Å²) in [5.74, 6) is 6.43. The molecule has 1 unspecified atom stereocenters. The molecule has 0 bridgehead atoms. The molecule has 1 aromatic heterocycles. The van der Waals surface area contributed by atoms with Crippen LogP contribution in [0.1, 0.15) is 5.56 Å². The number of nitrogens with one attached hydrogen (secondary N) is 2. The summed E-state index contributed by atoms with van der Waals surface area (Å²) < 4.78 is 0. The van der Waals surface area contributed by atoms with Crippen LogP contribution in [0.5, 0.6) is 0 Å². The minimum atomic E-state index is -0.108. The smallest absolute Gasteiger partial charge is 0.145 e.